The zero-order chi connectivity index (χ0) is 11.0. The molecule has 80 valence electrons. The van der Waals surface area contributed by atoms with E-state index in [1.54, 1.807) is 6.20 Å². The highest BCUT2D eigenvalue weighted by molar-refractivity contribution is 6.01. The van der Waals surface area contributed by atoms with Crippen LogP contribution in [0, 0.1) is 0 Å². The molecule has 16 heavy (non-hydrogen) atoms. The summed E-state index contributed by atoms with van der Waals surface area (Å²) < 4.78 is 0. The molecular formula is C11H10N4O. The molecule has 1 aliphatic heterocycles. The topological polar surface area (TPSA) is 69.8 Å². The first-order valence-corrected chi connectivity index (χ1v) is 5.00. The largest absolute Gasteiger partial charge is 0.363 e. The van der Waals surface area contributed by atoms with Crippen LogP contribution in [0.5, 0.6) is 0 Å². The number of nitrogens with one attached hydrogen (secondary N) is 3. The molecule has 0 atom stereocenters. The molecule has 5 nitrogen and oxygen atoms in total. The van der Waals surface area contributed by atoms with Crippen molar-refractivity contribution in [2.24, 2.45) is 0 Å². The van der Waals surface area contributed by atoms with E-state index in [0.717, 1.165) is 16.6 Å². The van der Waals surface area contributed by atoms with Gasteiger partial charge in [-0.3, -0.25) is 4.79 Å². The molecule has 0 unspecified atom stereocenters. The summed E-state index contributed by atoms with van der Waals surface area (Å²) in [5.74, 6) is -0.0711. The number of carbonyl (C=O) groups is 1. The minimum Gasteiger partial charge on any atom is -0.363 e. The monoisotopic (exact) mass is 214 g/mol. The van der Waals surface area contributed by atoms with Gasteiger partial charge >= 0.3 is 0 Å². The van der Waals surface area contributed by atoms with Crippen LogP contribution < -0.4 is 10.6 Å². The first-order valence-electron chi connectivity index (χ1n) is 5.00. The molecule has 0 aromatic carbocycles. The Bertz CT molecular complexity index is 584. The number of hydrogen-bond acceptors (Lipinski definition) is 3. The third-order valence-corrected chi connectivity index (χ3v) is 2.56. The molecule has 0 aliphatic carbocycles. The maximum Gasteiger partial charge on any atom is 0.268 e. The molecule has 0 saturated carbocycles. The van der Waals surface area contributed by atoms with E-state index in [9.17, 15) is 4.79 Å². The lowest BCUT2D eigenvalue weighted by Gasteiger charge is -1.94. The van der Waals surface area contributed by atoms with Crippen molar-refractivity contribution in [3.63, 3.8) is 0 Å². The third kappa shape index (κ3) is 1.33. The lowest BCUT2D eigenvalue weighted by atomic mass is 10.2. The molecule has 3 N–H and O–H groups in total. The van der Waals surface area contributed by atoms with Crippen molar-refractivity contribution in [3.8, 4) is 0 Å². The van der Waals surface area contributed by atoms with Crippen molar-refractivity contribution in [3.05, 3.63) is 35.8 Å². The average molecular weight is 214 g/mol. The van der Waals surface area contributed by atoms with Crippen LogP contribution in [0.25, 0.3) is 17.1 Å². The minimum atomic E-state index is -0.0711. The van der Waals surface area contributed by atoms with E-state index >= 15 is 0 Å². The van der Waals surface area contributed by atoms with Gasteiger partial charge in [0.1, 0.15) is 11.3 Å². The Morgan fingerprint density at radius 1 is 1.38 bits per heavy atom. The molecule has 5 heteroatoms. The number of aromatic amines is 1. The van der Waals surface area contributed by atoms with Crippen molar-refractivity contribution in [2.75, 3.05) is 6.67 Å². The van der Waals surface area contributed by atoms with E-state index in [1.165, 1.54) is 0 Å². The second kappa shape index (κ2) is 3.37. The molecule has 0 radical (unpaired) electrons. The molecule has 1 aliphatic rings. The van der Waals surface area contributed by atoms with Crippen LogP contribution in [0.2, 0.25) is 0 Å². The summed E-state index contributed by atoms with van der Waals surface area (Å²) >= 11 is 0. The number of nitrogens with zero attached hydrogens (tertiary/aromatic N) is 1. The lowest BCUT2D eigenvalue weighted by molar-refractivity contribution is -0.116. The molecule has 0 spiro atoms. The van der Waals surface area contributed by atoms with E-state index in [1.807, 2.05) is 24.4 Å². The Labute approximate surface area is 91.6 Å². The van der Waals surface area contributed by atoms with Crippen molar-refractivity contribution >= 4 is 23.0 Å². The number of carbonyl (C=O) groups excluding carboxylic acids is 1. The first kappa shape index (κ1) is 8.96. The van der Waals surface area contributed by atoms with Gasteiger partial charge in [-0.15, -0.1) is 0 Å². The molecule has 1 fully saturated rings. The third-order valence-electron chi connectivity index (χ3n) is 2.56. The van der Waals surface area contributed by atoms with Crippen LogP contribution in [-0.2, 0) is 4.79 Å². The average Bonchev–Trinajstić information content (AvgIpc) is 2.88. The van der Waals surface area contributed by atoms with Gasteiger partial charge in [0.25, 0.3) is 5.91 Å². The molecule has 0 bridgehead atoms. The number of aromatic nitrogens is 2. The van der Waals surface area contributed by atoms with Gasteiger partial charge in [0, 0.05) is 23.3 Å². The number of rotatable bonds is 1. The number of amides is 1. The Balaban J connectivity index is 2.10. The molecule has 1 saturated heterocycles. The fraction of sp³-hybridized carbons (Fsp3) is 0.0909. The van der Waals surface area contributed by atoms with E-state index in [4.69, 9.17) is 0 Å². The smallest absolute Gasteiger partial charge is 0.268 e. The summed E-state index contributed by atoms with van der Waals surface area (Å²) in [5, 5.41) is 6.67. The van der Waals surface area contributed by atoms with Gasteiger partial charge in [0.2, 0.25) is 0 Å². The van der Waals surface area contributed by atoms with Crippen LogP contribution in [0.1, 0.15) is 5.56 Å². The van der Waals surface area contributed by atoms with Crippen LogP contribution in [0.15, 0.2) is 30.2 Å². The summed E-state index contributed by atoms with van der Waals surface area (Å²) in [6.45, 7) is 0.491. The molecular weight excluding hydrogens is 204 g/mol. The summed E-state index contributed by atoms with van der Waals surface area (Å²) in [6, 6.07) is 3.85. The highest BCUT2D eigenvalue weighted by Crippen LogP contribution is 2.18. The van der Waals surface area contributed by atoms with E-state index in [-0.39, 0.29) is 5.91 Å². The summed E-state index contributed by atoms with van der Waals surface area (Å²) in [4.78, 5) is 18.6. The maximum atomic E-state index is 11.4. The van der Waals surface area contributed by atoms with Crippen molar-refractivity contribution in [1.29, 1.82) is 0 Å². The fourth-order valence-corrected chi connectivity index (χ4v) is 1.76. The highest BCUT2D eigenvalue weighted by atomic mass is 16.2. The van der Waals surface area contributed by atoms with E-state index < -0.39 is 0 Å². The lowest BCUT2D eigenvalue weighted by Crippen LogP contribution is -2.14. The predicted octanol–water partition coefficient (Wildman–Crippen LogP) is 0.581. The van der Waals surface area contributed by atoms with Crippen LogP contribution >= 0.6 is 0 Å². The first-order chi connectivity index (χ1) is 7.84. The standard InChI is InChI=1S/C11H10N4O/c16-11-9(14-6-15-11)4-7-5-13-10-8(7)2-1-3-12-10/h1-5,14H,6H2,(H,12,13)(H,15,16). The second-order valence-electron chi connectivity index (χ2n) is 3.56. The Morgan fingerprint density at radius 2 is 2.31 bits per heavy atom. The van der Waals surface area contributed by atoms with E-state index in [2.05, 4.69) is 20.6 Å². The zero-order valence-electron chi connectivity index (χ0n) is 8.45. The number of H-pyrrole nitrogens is 1. The van der Waals surface area contributed by atoms with Gasteiger partial charge in [-0.25, -0.2) is 4.98 Å². The normalized spacial score (nSPS) is 17.8. The SMILES string of the molecule is O=C1NCNC1=Cc1c[nH]c2ncccc12. The molecule has 1 amide bonds. The van der Waals surface area contributed by atoms with Gasteiger partial charge in [0.15, 0.2) is 0 Å². The highest BCUT2D eigenvalue weighted by Gasteiger charge is 2.15. The van der Waals surface area contributed by atoms with Crippen molar-refractivity contribution in [1.82, 2.24) is 20.6 Å². The Kier molecular flexibility index (Phi) is 1.89. The van der Waals surface area contributed by atoms with Crippen LogP contribution in [0.3, 0.4) is 0 Å². The zero-order valence-corrected chi connectivity index (χ0v) is 8.45. The van der Waals surface area contributed by atoms with Crippen molar-refractivity contribution < 1.29 is 4.79 Å². The molecule has 3 heterocycles. The number of pyridine rings is 1. The summed E-state index contributed by atoms with van der Waals surface area (Å²) in [7, 11) is 0. The van der Waals surface area contributed by atoms with Crippen LogP contribution in [0.4, 0.5) is 0 Å². The number of fused-ring (bicyclic) bond motifs is 1. The molecule has 2 aromatic rings. The number of hydrogen-bond donors (Lipinski definition) is 3. The molecule has 3 rings (SSSR count). The van der Waals surface area contributed by atoms with Crippen LogP contribution in [-0.4, -0.2) is 22.5 Å². The maximum absolute atomic E-state index is 11.4. The van der Waals surface area contributed by atoms with Gasteiger partial charge in [-0.2, -0.15) is 0 Å². The Hall–Kier alpha value is -2.30. The quantitative estimate of drug-likeness (QED) is 0.608. The predicted molar refractivity (Wildman–Crippen MR) is 60.2 cm³/mol. The van der Waals surface area contributed by atoms with Gasteiger partial charge in [-0.05, 0) is 18.2 Å². The summed E-state index contributed by atoms with van der Waals surface area (Å²) in [6.07, 6.45) is 5.40. The molecule has 2 aromatic heterocycles. The second-order valence-corrected chi connectivity index (χ2v) is 3.56. The minimum absolute atomic E-state index is 0.0711. The van der Waals surface area contributed by atoms with Gasteiger partial charge < -0.3 is 15.6 Å². The van der Waals surface area contributed by atoms with E-state index in [0.29, 0.717) is 12.4 Å². The summed E-state index contributed by atoms with van der Waals surface area (Å²) in [5.41, 5.74) is 2.38. The fourth-order valence-electron chi connectivity index (χ4n) is 1.76. The van der Waals surface area contributed by atoms with Gasteiger partial charge in [-0.1, -0.05) is 0 Å². The Morgan fingerprint density at radius 3 is 3.12 bits per heavy atom. The van der Waals surface area contributed by atoms with Gasteiger partial charge in [0.05, 0.1) is 6.67 Å². The van der Waals surface area contributed by atoms with Crippen molar-refractivity contribution in [2.45, 2.75) is 0 Å².